The van der Waals surface area contributed by atoms with Gasteiger partial charge in [-0.1, -0.05) is 99.3 Å². The minimum Gasteiger partial charge on any atom is -0.0656 e. The third kappa shape index (κ3) is 11.5. The lowest BCUT2D eigenvalue weighted by Crippen LogP contribution is -2.08. The Morgan fingerprint density at radius 1 is 0.474 bits per heavy atom. The van der Waals surface area contributed by atoms with Gasteiger partial charge in [0.15, 0.2) is 0 Å². The van der Waals surface area contributed by atoms with Crippen molar-refractivity contribution in [3.05, 3.63) is 0 Å². The van der Waals surface area contributed by atoms with Crippen LogP contribution in [0.25, 0.3) is 0 Å². The molecule has 0 aliphatic heterocycles. The molecule has 19 heavy (non-hydrogen) atoms. The quantitative estimate of drug-likeness (QED) is 0.440. The molecule has 0 aromatic rings. The van der Waals surface area contributed by atoms with Crippen LogP contribution in [-0.4, -0.2) is 0 Å². The van der Waals surface area contributed by atoms with E-state index in [-0.39, 0.29) is 0 Å². The summed E-state index contributed by atoms with van der Waals surface area (Å²) in [6.07, 6.45) is 13.0. The Kier molecular flexibility index (Phi) is 11.8. The van der Waals surface area contributed by atoms with Crippen molar-refractivity contribution in [1.29, 1.82) is 0 Å². The van der Waals surface area contributed by atoms with Gasteiger partial charge in [0, 0.05) is 0 Å². The van der Waals surface area contributed by atoms with Crippen molar-refractivity contribution in [3.8, 4) is 0 Å². The maximum Gasteiger partial charge on any atom is -0.0443 e. The van der Waals surface area contributed by atoms with Crippen LogP contribution in [0.2, 0.25) is 0 Å². The van der Waals surface area contributed by atoms with Gasteiger partial charge in [0.1, 0.15) is 0 Å². The van der Waals surface area contributed by atoms with Crippen LogP contribution in [0.15, 0.2) is 0 Å². The Morgan fingerprint density at radius 2 is 0.579 bits per heavy atom. The molecule has 0 amide bonds. The Balaban J connectivity index is 0.000000284. The van der Waals surface area contributed by atoms with E-state index in [1.807, 2.05) is 0 Å². The first-order chi connectivity index (χ1) is 8.99. The molecule has 0 saturated heterocycles. The molecule has 0 heterocycles. The molecule has 0 aromatic heterocycles. The van der Waals surface area contributed by atoms with Crippen LogP contribution in [0.4, 0.5) is 0 Å². The van der Waals surface area contributed by atoms with Gasteiger partial charge in [-0.2, -0.15) is 0 Å². The molecule has 0 aromatic carbocycles. The number of rotatable bonds is 0. The van der Waals surface area contributed by atoms with Crippen molar-refractivity contribution < 1.29 is 0 Å². The van der Waals surface area contributed by atoms with Crippen LogP contribution in [-0.2, 0) is 0 Å². The largest absolute Gasteiger partial charge is 0.0656 e. The summed E-state index contributed by atoms with van der Waals surface area (Å²) in [5.74, 6) is 4.08. The normalized spacial score (nSPS) is 34.4. The molecule has 0 N–H and O–H groups in total. The van der Waals surface area contributed by atoms with Crippen molar-refractivity contribution in [2.24, 2.45) is 23.7 Å². The molecule has 2 rings (SSSR count). The maximum absolute atomic E-state index is 2.37. The first kappa shape index (κ1) is 19.0. The zero-order chi connectivity index (χ0) is 14.7. The molecule has 0 bridgehead atoms. The lowest BCUT2D eigenvalue weighted by atomic mass is 9.84. The summed E-state index contributed by atoms with van der Waals surface area (Å²) in [6, 6.07) is 0. The second kappa shape index (κ2) is 11.8. The predicted molar refractivity (Wildman–Crippen MR) is 89.6 cm³/mol. The standard InChI is InChI=1S/2C8H16.C3H8/c2*1-7-3-5-8(2)6-4-7;1-3-2/h2*7-8H,3-6H2,1-2H3;3H2,1-2H3. The Morgan fingerprint density at radius 3 is 0.684 bits per heavy atom. The highest BCUT2D eigenvalue weighted by molar-refractivity contribution is 4.66. The molecule has 0 atom stereocenters. The SMILES string of the molecule is CC1CCC(C)CC1.CC1CCC(C)CC1.CCC. The fraction of sp³-hybridized carbons (Fsp3) is 1.00. The molecule has 0 radical (unpaired) electrons. The third-order valence-corrected chi connectivity index (χ3v) is 4.61. The summed E-state index contributed by atoms with van der Waals surface area (Å²) in [4.78, 5) is 0. The van der Waals surface area contributed by atoms with Crippen LogP contribution in [0.1, 0.15) is 99.3 Å². The molecule has 0 heteroatoms. The van der Waals surface area contributed by atoms with E-state index >= 15 is 0 Å². The van der Waals surface area contributed by atoms with Gasteiger partial charge in [-0.25, -0.2) is 0 Å². The van der Waals surface area contributed by atoms with Crippen molar-refractivity contribution in [2.75, 3.05) is 0 Å². The van der Waals surface area contributed by atoms with Gasteiger partial charge < -0.3 is 0 Å². The third-order valence-electron chi connectivity index (χ3n) is 4.61. The summed E-state index contributed by atoms with van der Waals surface area (Å²) < 4.78 is 0. The monoisotopic (exact) mass is 268 g/mol. The van der Waals surface area contributed by atoms with E-state index in [4.69, 9.17) is 0 Å². The molecule has 2 fully saturated rings. The first-order valence-electron chi connectivity index (χ1n) is 8.99. The van der Waals surface area contributed by atoms with Crippen molar-refractivity contribution in [1.82, 2.24) is 0 Å². The van der Waals surface area contributed by atoms with Gasteiger partial charge in [-0.15, -0.1) is 0 Å². The van der Waals surface area contributed by atoms with Gasteiger partial charge in [-0.3, -0.25) is 0 Å². The van der Waals surface area contributed by atoms with E-state index in [2.05, 4.69) is 41.5 Å². The summed E-state index contributed by atoms with van der Waals surface area (Å²) in [7, 11) is 0. The molecule has 0 spiro atoms. The topological polar surface area (TPSA) is 0 Å². The summed E-state index contributed by atoms with van der Waals surface area (Å²) in [6.45, 7) is 13.7. The molecular formula is C19H40. The zero-order valence-corrected chi connectivity index (χ0v) is 14.7. The second-order valence-corrected chi connectivity index (χ2v) is 7.44. The van der Waals surface area contributed by atoms with E-state index in [0.717, 1.165) is 23.7 Å². The number of hydrogen-bond acceptors (Lipinski definition) is 0. The minimum atomic E-state index is 1.02. The molecule has 0 unspecified atom stereocenters. The van der Waals surface area contributed by atoms with Crippen LogP contribution < -0.4 is 0 Å². The first-order valence-corrected chi connectivity index (χ1v) is 8.99. The Hall–Kier alpha value is 0. The summed E-state index contributed by atoms with van der Waals surface area (Å²) in [5.41, 5.74) is 0. The van der Waals surface area contributed by atoms with Crippen molar-refractivity contribution >= 4 is 0 Å². The fourth-order valence-corrected chi connectivity index (χ4v) is 2.85. The summed E-state index contributed by atoms with van der Waals surface area (Å²) in [5, 5.41) is 0. The Bertz CT molecular complexity index is 128. The fourth-order valence-electron chi connectivity index (χ4n) is 2.85. The highest BCUT2D eigenvalue weighted by Crippen LogP contribution is 2.27. The van der Waals surface area contributed by atoms with Gasteiger partial charge in [0.25, 0.3) is 0 Å². The van der Waals surface area contributed by atoms with E-state index in [1.165, 1.54) is 57.8 Å². The van der Waals surface area contributed by atoms with Crippen LogP contribution in [0, 0.1) is 23.7 Å². The van der Waals surface area contributed by atoms with E-state index in [9.17, 15) is 0 Å². The predicted octanol–water partition coefficient (Wildman–Crippen LogP) is 7.08. The van der Waals surface area contributed by atoms with Gasteiger partial charge in [0.2, 0.25) is 0 Å². The van der Waals surface area contributed by atoms with Crippen LogP contribution in [0.5, 0.6) is 0 Å². The maximum atomic E-state index is 2.37. The van der Waals surface area contributed by atoms with Crippen molar-refractivity contribution in [3.63, 3.8) is 0 Å². The molecule has 2 aliphatic rings. The average Bonchev–Trinajstić information content (AvgIpc) is 2.38. The lowest BCUT2D eigenvalue weighted by Gasteiger charge is -2.22. The van der Waals surface area contributed by atoms with E-state index in [1.54, 1.807) is 0 Å². The molecule has 2 saturated carbocycles. The van der Waals surface area contributed by atoms with E-state index in [0.29, 0.717) is 0 Å². The van der Waals surface area contributed by atoms with Crippen LogP contribution >= 0.6 is 0 Å². The lowest BCUT2D eigenvalue weighted by molar-refractivity contribution is 0.308. The molecule has 0 nitrogen and oxygen atoms in total. The highest BCUT2D eigenvalue weighted by Gasteiger charge is 2.13. The smallest absolute Gasteiger partial charge is 0.0443 e. The molecular weight excluding hydrogens is 228 g/mol. The second-order valence-electron chi connectivity index (χ2n) is 7.44. The van der Waals surface area contributed by atoms with Gasteiger partial charge in [-0.05, 0) is 23.7 Å². The van der Waals surface area contributed by atoms with Gasteiger partial charge >= 0.3 is 0 Å². The van der Waals surface area contributed by atoms with Gasteiger partial charge in [0.05, 0.1) is 0 Å². The molecule has 2 aliphatic carbocycles. The van der Waals surface area contributed by atoms with Crippen molar-refractivity contribution in [2.45, 2.75) is 99.3 Å². The number of hydrogen-bond donors (Lipinski definition) is 0. The summed E-state index contributed by atoms with van der Waals surface area (Å²) >= 11 is 0. The zero-order valence-electron chi connectivity index (χ0n) is 14.7. The van der Waals surface area contributed by atoms with E-state index < -0.39 is 0 Å². The Labute approximate surface area is 123 Å². The minimum absolute atomic E-state index is 1.02. The molecule has 116 valence electrons. The highest BCUT2D eigenvalue weighted by atomic mass is 14.2. The average molecular weight is 269 g/mol. The van der Waals surface area contributed by atoms with Crippen LogP contribution in [0.3, 0.4) is 0 Å².